The fourth-order valence-electron chi connectivity index (χ4n) is 2.37. The van der Waals surface area contributed by atoms with Crippen LogP contribution >= 0.6 is 0 Å². The number of nitrogens with zero attached hydrogens (tertiary/aromatic N) is 1. The summed E-state index contributed by atoms with van der Waals surface area (Å²) < 4.78 is 0. The van der Waals surface area contributed by atoms with Gasteiger partial charge in [0.2, 0.25) is 0 Å². The van der Waals surface area contributed by atoms with Crippen LogP contribution in [0.5, 0.6) is 5.75 Å². The highest BCUT2D eigenvalue weighted by Crippen LogP contribution is 2.36. The maximum atomic E-state index is 10.4. The fraction of sp³-hybridized carbons (Fsp3) is 0.333. The van der Waals surface area contributed by atoms with Gasteiger partial charge in [0.05, 0.1) is 0 Å². The molecule has 0 aliphatic heterocycles. The van der Waals surface area contributed by atoms with Gasteiger partial charge in [0.25, 0.3) is 5.69 Å². The summed E-state index contributed by atoms with van der Waals surface area (Å²) in [7, 11) is 0. The number of aryl methyl sites for hydroxylation is 1. The second-order valence-corrected chi connectivity index (χ2v) is 5.85. The topological polar surface area (TPSA) is 92.8 Å². The minimum atomic E-state index is 0.142. The van der Waals surface area contributed by atoms with Crippen LogP contribution in [0.2, 0.25) is 0 Å². The number of phenolic OH excluding ortho intramolecular Hbond substituents is 1. The highest BCUT2D eigenvalue weighted by Gasteiger charge is 2.14. The third-order valence-electron chi connectivity index (χ3n) is 3.68. The molecule has 5 nitrogen and oxygen atoms in total. The Hall–Kier alpha value is -2.40. The summed E-state index contributed by atoms with van der Waals surface area (Å²) in [5.74, 6) is 0.356. The lowest BCUT2D eigenvalue weighted by Gasteiger charge is -2.12. The number of nitrogens with two attached hydrogens (primary N) is 1. The number of aromatic hydroxyl groups is 1. The molecule has 0 amide bonds. The Kier molecular flexibility index (Phi) is 5.71. The van der Waals surface area contributed by atoms with Crippen molar-refractivity contribution < 1.29 is 15.3 Å². The fourth-order valence-corrected chi connectivity index (χ4v) is 2.37. The van der Waals surface area contributed by atoms with Crippen molar-refractivity contribution in [3.05, 3.63) is 47.5 Å². The van der Waals surface area contributed by atoms with Crippen molar-refractivity contribution in [1.82, 2.24) is 0 Å². The van der Waals surface area contributed by atoms with Crippen LogP contribution in [-0.2, 0) is 6.42 Å². The third kappa shape index (κ3) is 4.29. The Morgan fingerprint density at radius 3 is 2.61 bits per heavy atom. The summed E-state index contributed by atoms with van der Waals surface area (Å²) in [6.45, 7) is 4.19. The van der Waals surface area contributed by atoms with Gasteiger partial charge in [0.15, 0.2) is 11.4 Å². The van der Waals surface area contributed by atoms with Crippen LogP contribution in [0.1, 0.15) is 37.3 Å². The SMILES string of the molecule is CC(C)c1cc(CCCO)cc(N=[NH+]c2ccccc2N)c1O. The number of benzene rings is 2. The largest absolute Gasteiger partial charge is 0.505 e. The lowest BCUT2D eigenvalue weighted by atomic mass is 9.97. The van der Waals surface area contributed by atoms with Gasteiger partial charge >= 0.3 is 0 Å². The van der Waals surface area contributed by atoms with Crippen molar-refractivity contribution in [3.63, 3.8) is 0 Å². The highest BCUT2D eigenvalue weighted by atomic mass is 16.3. The van der Waals surface area contributed by atoms with Gasteiger partial charge < -0.3 is 15.9 Å². The quantitative estimate of drug-likeness (QED) is 0.487. The third-order valence-corrected chi connectivity index (χ3v) is 3.68. The van der Waals surface area contributed by atoms with E-state index >= 15 is 0 Å². The van der Waals surface area contributed by atoms with Crippen molar-refractivity contribution >= 4 is 17.1 Å². The van der Waals surface area contributed by atoms with Crippen LogP contribution < -0.4 is 10.8 Å². The van der Waals surface area contributed by atoms with Crippen LogP contribution in [0.15, 0.2) is 41.5 Å². The number of aliphatic hydroxyl groups excluding tert-OH is 1. The molecule has 122 valence electrons. The molecule has 5 N–H and O–H groups in total. The predicted octanol–water partition coefficient (Wildman–Crippen LogP) is 2.52. The Balaban J connectivity index is 2.40. The van der Waals surface area contributed by atoms with Crippen LogP contribution in [0.3, 0.4) is 0 Å². The standard InChI is InChI=1S/C18H23N3O2/c1-12(2)14-10-13(6-5-9-22)11-17(18(14)23)21-20-16-8-4-3-7-15(16)19/h3-4,7-8,10-12,22-23H,5-6,9,19H2,1-2H3/p+1. The molecule has 0 aliphatic carbocycles. The summed E-state index contributed by atoms with van der Waals surface area (Å²) in [6.07, 6.45) is 1.42. The van der Waals surface area contributed by atoms with Crippen molar-refractivity contribution in [2.45, 2.75) is 32.6 Å². The lowest BCUT2D eigenvalue weighted by Crippen LogP contribution is -2.57. The summed E-state index contributed by atoms with van der Waals surface area (Å²) in [4.78, 5) is 0. The number of nitrogen functional groups attached to an aromatic ring is 1. The zero-order chi connectivity index (χ0) is 16.8. The molecule has 2 aromatic carbocycles. The molecule has 0 aromatic heterocycles. The van der Waals surface area contributed by atoms with Crippen LogP contribution in [0.4, 0.5) is 17.1 Å². The Morgan fingerprint density at radius 1 is 1.22 bits per heavy atom. The Labute approximate surface area is 136 Å². The molecule has 0 aliphatic rings. The molecule has 0 radical (unpaired) electrons. The molecule has 2 rings (SSSR count). The van der Waals surface area contributed by atoms with Crippen molar-refractivity contribution in [2.24, 2.45) is 5.11 Å². The van der Waals surface area contributed by atoms with E-state index in [0.717, 1.165) is 17.5 Å². The lowest BCUT2D eigenvalue weighted by molar-refractivity contribution is -0.432. The maximum Gasteiger partial charge on any atom is 0.252 e. The second-order valence-electron chi connectivity index (χ2n) is 5.85. The van der Waals surface area contributed by atoms with E-state index in [1.54, 1.807) is 6.07 Å². The number of nitrogens with one attached hydrogen (secondary N) is 1. The first-order valence-corrected chi connectivity index (χ1v) is 7.80. The molecule has 0 spiro atoms. The molecule has 0 saturated heterocycles. The molecule has 2 aromatic rings. The normalized spacial score (nSPS) is 11.5. The predicted molar refractivity (Wildman–Crippen MR) is 91.2 cm³/mol. The average Bonchev–Trinajstić information content (AvgIpc) is 2.53. The summed E-state index contributed by atoms with van der Waals surface area (Å²) >= 11 is 0. The first kappa shape index (κ1) is 17.0. The van der Waals surface area contributed by atoms with E-state index in [1.165, 1.54) is 0 Å². The number of hydrogen-bond donors (Lipinski definition) is 4. The molecule has 0 unspecified atom stereocenters. The zero-order valence-electron chi connectivity index (χ0n) is 13.6. The van der Waals surface area contributed by atoms with Gasteiger partial charge in [-0.2, -0.15) is 0 Å². The molecule has 0 atom stereocenters. The molecule has 5 heteroatoms. The molecule has 0 fully saturated rings. The minimum Gasteiger partial charge on any atom is -0.505 e. The van der Waals surface area contributed by atoms with E-state index < -0.39 is 0 Å². The van der Waals surface area contributed by atoms with Gasteiger partial charge in [-0.05, 0) is 42.0 Å². The number of azo groups is 1. The minimum absolute atomic E-state index is 0.142. The average molecular weight is 314 g/mol. The van der Waals surface area contributed by atoms with Crippen molar-refractivity contribution in [1.29, 1.82) is 0 Å². The zero-order valence-corrected chi connectivity index (χ0v) is 13.6. The van der Waals surface area contributed by atoms with Gasteiger partial charge in [-0.3, -0.25) is 0 Å². The van der Waals surface area contributed by atoms with E-state index in [0.29, 0.717) is 23.5 Å². The van der Waals surface area contributed by atoms with Gasteiger partial charge in [-0.1, -0.05) is 37.2 Å². The number of aliphatic hydroxyl groups is 1. The summed E-state index contributed by atoms with van der Waals surface area (Å²) in [5.41, 5.74) is 9.54. The first-order valence-electron chi connectivity index (χ1n) is 7.80. The van der Waals surface area contributed by atoms with Gasteiger partial charge in [0, 0.05) is 17.8 Å². The Morgan fingerprint density at radius 2 is 1.96 bits per heavy atom. The van der Waals surface area contributed by atoms with Gasteiger partial charge in [-0.15, -0.1) is 0 Å². The van der Waals surface area contributed by atoms with Crippen LogP contribution in [0, 0.1) is 0 Å². The molecular weight excluding hydrogens is 290 g/mol. The van der Waals surface area contributed by atoms with Gasteiger partial charge in [-0.25, -0.2) is 0 Å². The van der Waals surface area contributed by atoms with Crippen molar-refractivity contribution in [2.75, 3.05) is 12.3 Å². The number of phenols is 1. The van der Waals surface area contributed by atoms with Gasteiger partial charge in [0.1, 0.15) is 5.69 Å². The van der Waals surface area contributed by atoms with E-state index in [1.807, 2.05) is 44.2 Å². The first-order chi connectivity index (χ1) is 11.0. The smallest absolute Gasteiger partial charge is 0.252 e. The summed E-state index contributed by atoms with van der Waals surface area (Å²) in [5, 5.41) is 26.7. The van der Waals surface area contributed by atoms with E-state index in [2.05, 4.69) is 10.2 Å². The summed E-state index contributed by atoms with van der Waals surface area (Å²) in [6, 6.07) is 11.1. The van der Waals surface area contributed by atoms with E-state index in [4.69, 9.17) is 10.8 Å². The molecular formula is C18H24N3O2+. The Bertz CT molecular complexity index is 697. The number of anilines is 1. The van der Waals surface area contributed by atoms with E-state index in [-0.39, 0.29) is 18.3 Å². The maximum absolute atomic E-state index is 10.4. The molecule has 23 heavy (non-hydrogen) atoms. The van der Waals surface area contributed by atoms with Crippen LogP contribution in [0.25, 0.3) is 0 Å². The number of para-hydroxylation sites is 2. The van der Waals surface area contributed by atoms with Crippen molar-refractivity contribution in [3.8, 4) is 5.75 Å². The monoisotopic (exact) mass is 314 g/mol. The highest BCUT2D eigenvalue weighted by molar-refractivity contribution is 5.59. The van der Waals surface area contributed by atoms with E-state index in [9.17, 15) is 5.11 Å². The number of rotatable bonds is 6. The number of hydrogen-bond acceptors (Lipinski definition) is 4. The second kappa shape index (κ2) is 7.74. The van der Waals surface area contributed by atoms with Crippen LogP contribution in [-0.4, -0.2) is 16.8 Å². The molecule has 0 bridgehead atoms. The molecule has 0 heterocycles. The molecule has 0 saturated carbocycles.